The van der Waals surface area contributed by atoms with Crippen LogP contribution in [0.5, 0.6) is 0 Å². The fourth-order valence-electron chi connectivity index (χ4n) is 1.33. The molecule has 82 valence electrons. The molecule has 1 fully saturated rings. The maximum atomic E-state index is 4.25. The predicted octanol–water partition coefficient (Wildman–Crippen LogP) is 1.55. The molecule has 2 N–H and O–H groups in total. The summed E-state index contributed by atoms with van der Waals surface area (Å²) in [6, 6.07) is 1.11. The lowest BCUT2D eigenvalue weighted by Gasteiger charge is -2.08. The van der Waals surface area contributed by atoms with Gasteiger partial charge in [0.15, 0.2) is 0 Å². The van der Waals surface area contributed by atoms with E-state index in [2.05, 4.69) is 34.4 Å². The van der Waals surface area contributed by atoms with E-state index >= 15 is 0 Å². The van der Waals surface area contributed by atoms with E-state index in [1.165, 1.54) is 12.8 Å². The van der Waals surface area contributed by atoms with Crippen LogP contribution in [0.2, 0.25) is 0 Å². The van der Waals surface area contributed by atoms with Crippen molar-refractivity contribution in [2.75, 3.05) is 5.32 Å². The minimum absolute atomic E-state index is 0.375. The highest BCUT2D eigenvalue weighted by atomic mass is 15.1. The molecule has 0 atom stereocenters. The van der Waals surface area contributed by atoms with Crippen LogP contribution >= 0.6 is 0 Å². The van der Waals surface area contributed by atoms with Crippen LogP contribution < -0.4 is 10.6 Å². The number of hydrogen-bond acceptors (Lipinski definition) is 4. The monoisotopic (exact) mass is 206 g/mol. The molecule has 2 rings (SSSR count). The van der Waals surface area contributed by atoms with E-state index in [0.29, 0.717) is 12.0 Å². The Labute approximate surface area is 90.5 Å². The van der Waals surface area contributed by atoms with Crippen LogP contribution in [-0.2, 0) is 6.54 Å². The third-order valence-corrected chi connectivity index (χ3v) is 2.30. The van der Waals surface area contributed by atoms with Crippen LogP contribution in [0.3, 0.4) is 0 Å². The van der Waals surface area contributed by atoms with Gasteiger partial charge >= 0.3 is 0 Å². The minimum Gasteiger partial charge on any atom is -0.352 e. The normalized spacial score (nSPS) is 15.7. The van der Waals surface area contributed by atoms with Crippen LogP contribution in [0.1, 0.15) is 32.3 Å². The maximum absolute atomic E-state index is 4.25. The average Bonchev–Trinajstić information content (AvgIpc) is 2.99. The van der Waals surface area contributed by atoms with Crippen LogP contribution in [0.4, 0.5) is 5.95 Å². The maximum Gasteiger partial charge on any atom is 0.222 e. The van der Waals surface area contributed by atoms with Crippen molar-refractivity contribution in [1.29, 1.82) is 0 Å². The second-order valence-electron chi connectivity index (χ2n) is 4.37. The topological polar surface area (TPSA) is 49.8 Å². The van der Waals surface area contributed by atoms with Crippen molar-refractivity contribution in [3.8, 4) is 0 Å². The Bertz CT molecular complexity index is 303. The van der Waals surface area contributed by atoms with E-state index in [-0.39, 0.29) is 0 Å². The summed E-state index contributed by atoms with van der Waals surface area (Å²) in [4.78, 5) is 8.51. The van der Waals surface area contributed by atoms with Gasteiger partial charge < -0.3 is 10.6 Å². The van der Waals surface area contributed by atoms with Gasteiger partial charge in [0.05, 0.1) is 0 Å². The highest BCUT2D eigenvalue weighted by molar-refractivity contribution is 5.25. The summed E-state index contributed by atoms with van der Waals surface area (Å²) in [6.07, 6.45) is 6.39. The Balaban J connectivity index is 1.85. The molecule has 0 amide bonds. The van der Waals surface area contributed by atoms with Gasteiger partial charge in [0.1, 0.15) is 0 Å². The molecule has 1 aromatic heterocycles. The summed E-state index contributed by atoms with van der Waals surface area (Å²) >= 11 is 0. The van der Waals surface area contributed by atoms with Gasteiger partial charge in [0.25, 0.3) is 0 Å². The summed E-state index contributed by atoms with van der Waals surface area (Å²) in [5, 5.41) is 6.60. The number of nitrogens with zero attached hydrogens (tertiary/aromatic N) is 2. The molecule has 0 aromatic carbocycles. The highest BCUT2D eigenvalue weighted by Crippen LogP contribution is 2.19. The lowest BCUT2D eigenvalue weighted by Crippen LogP contribution is -2.16. The smallest absolute Gasteiger partial charge is 0.222 e. The number of rotatable bonds is 5. The minimum atomic E-state index is 0.375. The van der Waals surface area contributed by atoms with Crippen LogP contribution in [0.15, 0.2) is 12.4 Å². The van der Waals surface area contributed by atoms with Gasteiger partial charge in [-0.1, -0.05) is 0 Å². The third kappa shape index (κ3) is 3.47. The number of nitrogens with one attached hydrogen (secondary N) is 2. The fourth-order valence-corrected chi connectivity index (χ4v) is 1.33. The zero-order valence-corrected chi connectivity index (χ0v) is 9.33. The van der Waals surface area contributed by atoms with E-state index in [9.17, 15) is 0 Å². The Hall–Kier alpha value is -1.16. The first-order valence-electron chi connectivity index (χ1n) is 5.55. The van der Waals surface area contributed by atoms with E-state index in [4.69, 9.17) is 0 Å². The first-order valence-corrected chi connectivity index (χ1v) is 5.55. The first-order chi connectivity index (χ1) is 7.24. The fraction of sp³-hybridized carbons (Fsp3) is 0.636. The first kappa shape index (κ1) is 10.4. The van der Waals surface area contributed by atoms with Crippen molar-refractivity contribution in [1.82, 2.24) is 15.3 Å². The Morgan fingerprint density at radius 2 is 2.00 bits per heavy atom. The van der Waals surface area contributed by atoms with Crippen molar-refractivity contribution in [2.24, 2.45) is 0 Å². The summed E-state index contributed by atoms with van der Waals surface area (Å²) in [6.45, 7) is 5.03. The van der Waals surface area contributed by atoms with Crippen LogP contribution in [0, 0.1) is 0 Å². The van der Waals surface area contributed by atoms with Gasteiger partial charge in [-0.2, -0.15) is 0 Å². The molecule has 4 heteroatoms. The van der Waals surface area contributed by atoms with Gasteiger partial charge in [-0.15, -0.1) is 0 Å². The molecule has 1 heterocycles. The Morgan fingerprint density at radius 1 is 1.33 bits per heavy atom. The second kappa shape index (κ2) is 4.57. The summed E-state index contributed by atoms with van der Waals surface area (Å²) in [7, 11) is 0. The van der Waals surface area contributed by atoms with Gasteiger partial charge in [-0.3, -0.25) is 0 Å². The zero-order valence-electron chi connectivity index (χ0n) is 9.33. The molecule has 0 aliphatic heterocycles. The standard InChI is InChI=1S/C11H18N4/c1-8(2)15-11-13-6-9(7-14-11)5-12-10-3-4-10/h6-8,10,12H,3-5H2,1-2H3,(H,13,14,15). The van der Waals surface area contributed by atoms with Crippen molar-refractivity contribution in [3.63, 3.8) is 0 Å². The van der Waals surface area contributed by atoms with E-state index in [1.807, 2.05) is 12.4 Å². The van der Waals surface area contributed by atoms with Crippen molar-refractivity contribution >= 4 is 5.95 Å². The molecule has 0 unspecified atom stereocenters. The van der Waals surface area contributed by atoms with E-state index in [0.717, 1.165) is 18.2 Å². The molecule has 4 nitrogen and oxygen atoms in total. The number of aromatic nitrogens is 2. The molecule has 1 aliphatic rings. The molecular formula is C11H18N4. The number of anilines is 1. The molecule has 1 saturated carbocycles. The van der Waals surface area contributed by atoms with Crippen molar-refractivity contribution in [3.05, 3.63) is 18.0 Å². The molecule has 15 heavy (non-hydrogen) atoms. The molecule has 0 spiro atoms. The molecule has 1 aromatic rings. The molecule has 0 radical (unpaired) electrons. The van der Waals surface area contributed by atoms with Gasteiger partial charge in [-0.05, 0) is 26.7 Å². The second-order valence-corrected chi connectivity index (χ2v) is 4.37. The van der Waals surface area contributed by atoms with E-state index in [1.54, 1.807) is 0 Å². The lowest BCUT2D eigenvalue weighted by molar-refractivity contribution is 0.683. The SMILES string of the molecule is CC(C)Nc1ncc(CNC2CC2)cn1. The van der Waals surface area contributed by atoms with Gasteiger partial charge in [0.2, 0.25) is 5.95 Å². The molecular weight excluding hydrogens is 188 g/mol. The summed E-state index contributed by atoms with van der Waals surface area (Å²) in [5.41, 5.74) is 1.15. The van der Waals surface area contributed by atoms with Crippen LogP contribution in [0.25, 0.3) is 0 Å². The predicted molar refractivity (Wildman–Crippen MR) is 60.7 cm³/mol. The number of hydrogen-bond donors (Lipinski definition) is 2. The van der Waals surface area contributed by atoms with Gasteiger partial charge in [0, 0.05) is 36.6 Å². The zero-order chi connectivity index (χ0) is 10.7. The average molecular weight is 206 g/mol. The summed E-state index contributed by atoms with van der Waals surface area (Å²) < 4.78 is 0. The Kier molecular flexibility index (Phi) is 3.16. The quantitative estimate of drug-likeness (QED) is 0.767. The Morgan fingerprint density at radius 3 is 2.53 bits per heavy atom. The molecule has 0 saturated heterocycles. The summed E-state index contributed by atoms with van der Waals surface area (Å²) in [5.74, 6) is 0.708. The third-order valence-electron chi connectivity index (χ3n) is 2.30. The van der Waals surface area contributed by atoms with E-state index < -0.39 is 0 Å². The molecule has 0 bridgehead atoms. The molecule has 1 aliphatic carbocycles. The largest absolute Gasteiger partial charge is 0.352 e. The lowest BCUT2D eigenvalue weighted by atomic mass is 10.3. The van der Waals surface area contributed by atoms with Crippen molar-refractivity contribution in [2.45, 2.75) is 45.3 Å². The van der Waals surface area contributed by atoms with Crippen molar-refractivity contribution < 1.29 is 0 Å². The highest BCUT2D eigenvalue weighted by Gasteiger charge is 2.19. The van der Waals surface area contributed by atoms with Gasteiger partial charge in [-0.25, -0.2) is 9.97 Å². The van der Waals surface area contributed by atoms with Crippen LogP contribution in [-0.4, -0.2) is 22.1 Å².